The minimum atomic E-state index is -0.534. The number of allylic oxidation sites excluding steroid dienone is 2. The lowest BCUT2D eigenvalue weighted by Crippen LogP contribution is -2.42. The maximum atomic E-state index is 12.2. The Morgan fingerprint density at radius 1 is 1.39 bits per heavy atom. The Kier molecular flexibility index (Phi) is 9.89. The molecule has 0 spiro atoms. The predicted molar refractivity (Wildman–Crippen MR) is 125 cm³/mol. The Labute approximate surface area is 191 Å². The summed E-state index contributed by atoms with van der Waals surface area (Å²) in [4.78, 5) is 17.2. The number of carbonyl (C=O) groups excluding carboxylic acids is 1. The highest BCUT2D eigenvalue weighted by Gasteiger charge is 2.30. The van der Waals surface area contributed by atoms with Crippen LogP contribution in [0.5, 0.6) is 0 Å². The van der Waals surface area contributed by atoms with Crippen LogP contribution in [0.15, 0.2) is 28.0 Å². The van der Waals surface area contributed by atoms with Crippen LogP contribution in [0.2, 0.25) is 0 Å². The molecule has 1 saturated carbocycles. The smallest absolute Gasteiger partial charge is 0.407 e. The van der Waals surface area contributed by atoms with Gasteiger partial charge in [0.25, 0.3) is 0 Å². The molecule has 2 rings (SSSR count). The van der Waals surface area contributed by atoms with E-state index in [1.165, 1.54) is 0 Å². The van der Waals surface area contributed by atoms with Crippen LogP contribution in [-0.4, -0.2) is 48.9 Å². The van der Waals surface area contributed by atoms with Crippen molar-refractivity contribution < 1.29 is 14.3 Å². The molecule has 0 radical (unpaired) electrons. The molecule has 0 aromatic heterocycles. The van der Waals surface area contributed by atoms with Crippen molar-refractivity contribution in [1.29, 1.82) is 0 Å². The second-order valence-corrected chi connectivity index (χ2v) is 8.85. The number of alkyl carbamates (subject to hydrolysis) is 1. The fourth-order valence-corrected chi connectivity index (χ4v) is 3.51. The van der Waals surface area contributed by atoms with Crippen molar-refractivity contribution in [3.63, 3.8) is 0 Å². The van der Waals surface area contributed by atoms with E-state index in [4.69, 9.17) is 26.1 Å². The van der Waals surface area contributed by atoms with Crippen LogP contribution in [0.1, 0.15) is 60.3 Å². The fourth-order valence-electron chi connectivity index (χ4n) is 3.38. The molecule has 1 fully saturated rings. The first-order valence-electron chi connectivity index (χ1n) is 11.0. The van der Waals surface area contributed by atoms with Crippen LogP contribution in [-0.2, 0) is 9.47 Å². The summed E-state index contributed by atoms with van der Waals surface area (Å²) in [6.45, 7) is 10.8. The van der Waals surface area contributed by atoms with Crippen LogP contribution in [0.25, 0.3) is 0 Å². The lowest BCUT2D eigenvalue weighted by atomic mass is 10.1. The van der Waals surface area contributed by atoms with E-state index in [0.29, 0.717) is 18.2 Å². The molecule has 2 aliphatic rings. The third-order valence-corrected chi connectivity index (χ3v) is 4.97. The van der Waals surface area contributed by atoms with Gasteiger partial charge in [-0.2, -0.15) is 0 Å². The number of halogens is 1. The van der Waals surface area contributed by atoms with Crippen molar-refractivity contribution in [1.82, 2.24) is 16.0 Å². The van der Waals surface area contributed by atoms with Crippen molar-refractivity contribution in [2.75, 3.05) is 13.2 Å². The zero-order valence-corrected chi connectivity index (χ0v) is 19.9. The summed E-state index contributed by atoms with van der Waals surface area (Å²) in [5.74, 6) is 6.32. The summed E-state index contributed by atoms with van der Waals surface area (Å²) >= 11 is 6.18. The van der Waals surface area contributed by atoms with Crippen molar-refractivity contribution in [3.8, 4) is 11.8 Å². The molecule has 172 valence electrons. The second-order valence-electron chi connectivity index (χ2n) is 8.45. The van der Waals surface area contributed by atoms with E-state index in [1.807, 2.05) is 40.7 Å². The zero-order chi connectivity index (χ0) is 22.9. The van der Waals surface area contributed by atoms with E-state index < -0.39 is 11.7 Å². The molecule has 1 amide bonds. The van der Waals surface area contributed by atoms with Gasteiger partial charge >= 0.3 is 6.09 Å². The first-order valence-corrected chi connectivity index (χ1v) is 11.3. The van der Waals surface area contributed by atoms with Gasteiger partial charge in [-0.3, -0.25) is 10.3 Å². The van der Waals surface area contributed by atoms with Crippen LogP contribution in [0, 0.1) is 11.8 Å². The average Bonchev–Trinajstić information content (AvgIpc) is 3.02. The van der Waals surface area contributed by atoms with Crippen LogP contribution >= 0.6 is 11.6 Å². The quantitative estimate of drug-likeness (QED) is 0.325. The molecule has 0 aromatic carbocycles. The van der Waals surface area contributed by atoms with E-state index in [1.54, 1.807) is 6.20 Å². The largest absolute Gasteiger partial charge is 0.444 e. The zero-order valence-electron chi connectivity index (χ0n) is 19.2. The normalized spacial score (nSPS) is 23.6. The monoisotopic (exact) mass is 450 g/mol. The molecule has 0 saturated heterocycles. The summed E-state index contributed by atoms with van der Waals surface area (Å²) in [6.07, 6.45) is 6.21. The van der Waals surface area contributed by atoms with Gasteiger partial charge in [-0.25, -0.2) is 4.79 Å². The van der Waals surface area contributed by atoms with Gasteiger partial charge in [0.1, 0.15) is 10.8 Å². The van der Waals surface area contributed by atoms with Crippen molar-refractivity contribution in [2.24, 2.45) is 4.99 Å². The summed E-state index contributed by atoms with van der Waals surface area (Å²) < 4.78 is 11.0. The SMILES string of the molecule is CCNC(C#CC1=CNC(Cl)=CCC1=N[C@H]1CCC[C@@H]1NC(=O)OC(C)(C)C)OCC. The number of nitrogens with one attached hydrogen (secondary N) is 3. The molecule has 1 aliphatic heterocycles. The summed E-state index contributed by atoms with van der Waals surface area (Å²) in [6, 6.07) is -0.0976. The molecule has 3 N–H and O–H groups in total. The summed E-state index contributed by atoms with van der Waals surface area (Å²) in [5, 5.41) is 9.76. The van der Waals surface area contributed by atoms with Gasteiger partial charge in [0.15, 0.2) is 6.23 Å². The van der Waals surface area contributed by atoms with Gasteiger partial charge in [0, 0.05) is 19.2 Å². The Balaban J connectivity index is 2.20. The highest BCUT2D eigenvalue weighted by molar-refractivity contribution is 6.29. The van der Waals surface area contributed by atoms with E-state index in [0.717, 1.165) is 37.1 Å². The summed E-state index contributed by atoms with van der Waals surface area (Å²) in [5.41, 5.74) is 1.07. The molecule has 8 heteroatoms. The van der Waals surface area contributed by atoms with Crippen LogP contribution < -0.4 is 16.0 Å². The number of ether oxygens (including phenoxy) is 2. The first kappa shape index (κ1) is 25.3. The van der Waals surface area contributed by atoms with Gasteiger partial charge in [-0.05, 0) is 65.5 Å². The Bertz CT molecular complexity index is 768. The molecule has 1 heterocycles. The maximum Gasteiger partial charge on any atom is 0.407 e. The van der Waals surface area contributed by atoms with Crippen molar-refractivity contribution in [3.05, 3.63) is 23.0 Å². The fraction of sp³-hybridized carbons (Fsp3) is 0.652. The average molecular weight is 451 g/mol. The molecule has 0 bridgehead atoms. The number of carbonyl (C=O) groups is 1. The maximum absolute atomic E-state index is 12.2. The third kappa shape index (κ3) is 8.94. The molecule has 1 unspecified atom stereocenters. The first-order chi connectivity index (χ1) is 14.7. The topological polar surface area (TPSA) is 84.0 Å². The Hall–Kier alpha value is -2.01. The van der Waals surface area contributed by atoms with Gasteiger partial charge in [-0.15, -0.1) is 0 Å². The Morgan fingerprint density at radius 3 is 2.84 bits per heavy atom. The molecule has 7 nitrogen and oxygen atoms in total. The van der Waals surface area contributed by atoms with Crippen LogP contribution in [0.3, 0.4) is 0 Å². The molecule has 1 aliphatic carbocycles. The molecular weight excluding hydrogens is 416 g/mol. The van der Waals surface area contributed by atoms with Crippen molar-refractivity contribution in [2.45, 2.75) is 84.2 Å². The Morgan fingerprint density at radius 2 is 2.16 bits per heavy atom. The highest BCUT2D eigenvalue weighted by atomic mass is 35.5. The van der Waals surface area contributed by atoms with E-state index in [2.05, 4.69) is 27.8 Å². The molecular formula is C23H35ClN4O3. The number of amides is 1. The van der Waals surface area contributed by atoms with Crippen LogP contribution in [0.4, 0.5) is 4.79 Å². The lowest BCUT2D eigenvalue weighted by Gasteiger charge is -2.23. The molecule has 31 heavy (non-hydrogen) atoms. The molecule has 3 atom stereocenters. The van der Waals surface area contributed by atoms with Gasteiger partial charge in [-0.1, -0.05) is 24.4 Å². The van der Waals surface area contributed by atoms with E-state index in [-0.39, 0.29) is 18.3 Å². The van der Waals surface area contributed by atoms with E-state index >= 15 is 0 Å². The minimum absolute atomic E-state index is 0.0329. The van der Waals surface area contributed by atoms with Gasteiger partial charge in [0.2, 0.25) is 0 Å². The lowest BCUT2D eigenvalue weighted by molar-refractivity contribution is 0.0501. The predicted octanol–water partition coefficient (Wildman–Crippen LogP) is 3.81. The summed E-state index contributed by atoms with van der Waals surface area (Å²) in [7, 11) is 0. The number of nitrogens with zero attached hydrogens (tertiary/aromatic N) is 1. The third-order valence-electron chi connectivity index (χ3n) is 4.70. The van der Waals surface area contributed by atoms with E-state index in [9.17, 15) is 4.79 Å². The molecule has 0 aromatic rings. The minimum Gasteiger partial charge on any atom is -0.444 e. The number of rotatable bonds is 6. The van der Waals surface area contributed by atoms with Gasteiger partial charge in [0.05, 0.1) is 23.4 Å². The number of hydrogen-bond donors (Lipinski definition) is 3. The number of hydrogen-bond acceptors (Lipinski definition) is 6. The highest BCUT2D eigenvalue weighted by Crippen LogP contribution is 2.25. The van der Waals surface area contributed by atoms with Crippen molar-refractivity contribution >= 4 is 23.4 Å². The standard InChI is InChI=1S/C23H35ClN4O3/c1-6-25-21(30-7-2)14-11-16-15-26-20(24)13-12-17(16)27-18-9-8-10-19(18)28-22(29)31-23(3,4)5/h13,15,18-19,21,25-26H,6-10,12H2,1-5H3,(H,28,29)/t18-,19-,21?/m0/s1. The van der Waals surface area contributed by atoms with Gasteiger partial charge < -0.3 is 20.1 Å². The number of aliphatic imine (C=N–C) groups is 1. The second kappa shape index (κ2) is 12.1.